The third kappa shape index (κ3) is 3.01. The number of nitrogens with zero attached hydrogens (tertiary/aromatic N) is 2. The van der Waals surface area contributed by atoms with Gasteiger partial charge in [0.25, 0.3) is 0 Å². The number of rotatable bonds is 3. The van der Waals surface area contributed by atoms with Gasteiger partial charge < -0.3 is 10.2 Å². The molecule has 2 rings (SSSR count). The minimum absolute atomic E-state index is 0.235. The molecule has 2 N–H and O–H groups in total. The predicted octanol–water partition coefficient (Wildman–Crippen LogP) is 1.83. The highest BCUT2D eigenvalue weighted by Gasteiger charge is 2.22. The molecule has 0 radical (unpaired) electrons. The van der Waals surface area contributed by atoms with Gasteiger partial charge in [-0.15, -0.1) is 0 Å². The molecule has 7 heteroatoms. The van der Waals surface area contributed by atoms with Crippen LogP contribution >= 0.6 is 0 Å². The van der Waals surface area contributed by atoms with Crippen molar-refractivity contribution >= 4 is 15.9 Å². The van der Waals surface area contributed by atoms with E-state index in [-0.39, 0.29) is 16.3 Å². The topological polar surface area (TPSA) is 111 Å². The summed E-state index contributed by atoms with van der Waals surface area (Å²) in [5, 5.41) is 27.4. The quantitative estimate of drug-likeness (QED) is 0.661. The van der Waals surface area contributed by atoms with E-state index in [9.17, 15) is 18.6 Å². The SMILES string of the molecule is N#CC(=Cc1ccc(O)c(O)c1)S(=O)(=O)c1ccccn1. The zero-order chi connectivity index (χ0) is 15.5. The average molecular weight is 302 g/mol. The Morgan fingerprint density at radius 3 is 2.52 bits per heavy atom. The fourth-order valence-corrected chi connectivity index (χ4v) is 2.66. The van der Waals surface area contributed by atoms with Gasteiger partial charge in [0.05, 0.1) is 0 Å². The van der Waals surface area contributed by atoms with Crippen LogP contribution in [0.1, 0.15) is 5.56 Å². The Morgan fingerprint density at radius 2 is 1.95 bits per heavy atom. The van der Waals surface area contributed by atoms with E-state index < -0.39 is 20.5 Å². The fraction of sp³-hybridized carbons (Fsp3) is 0. The molecule has 0 saturated heterocycles. The molecule has 0 amide bonds. The van der Waals surface area contributed by atoms with Crippen molar-refractivity contribution < 1.29 is 18.6 Å². The molecule has 0 aliphatic heterocycles. The van der Waals surface area contributed by atoms with E-state index >= 15 is 0 Å². The standard InChI is InChI=1S/C14H10N2O4S/c15-9-11(7-10-4-5-12(17)13(18)8-10)21(19,20)14-3-1-2-6-16-14/h1-8,17-18H. The second-order valence-corrected chi connectivity index (χ2v) is 5.90. The zero-order valence-corrected chi connectivity index (χ0v) is 11.4. The number of phenols is 2. The molecule has 0 unspecified atom stereocenters. The number of pyridine rings is 1. The van der Waals surface area contributed by atoms with Gasteiger partial charge in [0, 0.05) is 6.20 Å². The van der Waals surface area contributed by atoms with E-state index in [0.717, 1.165) is 12.1 Å². The van der Waals surface area contributed by atoms with Gasteiger partial charge in [-0.2, -0.15) is 5.26 Å². The monoisotopic (exact) mass is 302 g/mol. The first-order valence-corrected chi connectivity index (χ1v) is 7.23. The van der Waals surface area contributed by atoms with Crippen LogP contribution < -0.4 is 0 Å². The van der Waals surface area contributed by atoms with Crippen molar-refractivity contribution in [1.29, 1.82) is 5.26 Å². The lowest BCUT2D eigenvalue weighted by molar-refractivity contribution is 0.403. The minimum atomic E-state index is -4.03. The molecule has 21 heavy (non-hydrogen) atoms. The Kier molecular flexibility index (Phi) is 3.91. The van der Waals surface area contributed by atoms with Gasteiger partial charge in [-0.3, -0.25) is 0 Å². The molecule has 106 valence electrons. The van der Waals surface area contributed by atoms with E-state index in [1.54, 1.807) is 12.1 Å². The molecule has 0 aliphatic carbocycles. The number of allylic oxidation sites excluding steroid dienone is 1. The van der Waals surface area contributed by atoms with Gasteiger partial charge >= 0.3 is 0 Å². The van der Waals surface area contributed by atoms with Gasteiger partial charge in [-0.25, -0.2) is 13.4 Å². The largest absolute Gasteiger partial charge is 0.504 e. The van der Waals surface area contributed by atoms with Crippen LogP contribution in [0.25, 0.3) is 6.08 Å². The molecule has 0 spiro atoms. The van der Waals surface area contributed by atoms with E-state index in [0.29, 0.717) is 0 Å². The van der Waals surface area contributed by atoms with Crippen LogP contribution in [0.3, 0.4) is 0 Å². The first-order valence-electron chi connectivity index (χ1n) is 5.75. The summed E-state index contributed by atoms with van der Waals surface area (Å²) in [7, 11) is -4.03. The van der Waals surface area contributed by atoms with E-state index in [4.69, 9.17) is 5.26 Å². The van der Waals surface area contributed by atoms with Gasteiger partial charge in [0.1, 0.15) is 6.07 Å². The molecule has 2 aromatic rings. The van der Waals surface area contributed by atoms with Crippen molar-refractivity contribution in [3.63, 3.8) is 0 Å². The van der Waals surface area contributed by atoms with Gasteiger partial charge in [0.2, 0.25) is 9.84 Å². The number of sulfone groups is 1. The lowest BCUT2D eigenvalue weighted by atomic mass is 10.2. The zero-order valence-electron chi connectivity index (χ0n) is 10.6. The lowest BCUT2D eigenvalue weighted by Crippen LogP contribution is -2.05. The Balaban J connectivity index is 2.51. The molecule has 1 aromatic heterocycles. The Hall–Kier alpha value is -2.85. The number of nitriles is 1. The lowest BCUT2D eigenvalue weighted by Gasteiger charge is -2.03. The van der Waals surface area contributed by atoms with Crippen LogP contribution in [0.2, 0.25) is 0 Å². The molecule has 1 heterocycles. The number of hydrogen-bond donors (Lipinski definition) is 2. The summed E-state index contributed by atoms with van der Waals surface area (Å²) in [6, 6.07) is 9.69. The molecule has 0 fully saturated rings. The highest BCUT2D eigenvalue weighted by molar-refractivity contribution is 7.95. The molecule has 0 atom stereocenters. The summed E-state index contributed by atoms with van der Waals surface area (Å²) in [6.45, 7) is 0. The number of aromatic hydroxyl groups is 2. The number of phenolic OH excluding ortho intramolecular Hbond substituents is 2. The molecule has 0 saturated carbocycles. The number of hydrogen-bond acceptors (Lipinski definition) is 6. The normalized spacial score (nSPS) is 11.9. The Morgan fingerprint density at radius 1 is 1.19 bits per heavy atom. The summed E-state index contributed by atoms with van der Waals surface area (Å²) >= 11 is 0. The number of benzene rings is 1. The van der Waals surface area contributed by atoms with Crippen LogP contribution in [0.4, 0.5) is 0 Å². The maximum absolute atomic E-state index is 12.3. The Bertz CT molecular complexity index is 837. The van der Waals surface area contributed by atoms with Crippen molar-refractivity contribution in [2.75, 3.05) is 0 Å². The van der Waals surface area contributed by atoms with Crippen molar-refractivity contribution in [3.05, 3.63) is 53.1 Å². The van der Waals surface area contributed by atoms with Gasteiger partial charge in [0.15, 0.2) is 21.4 Å². The third-order valence-corrected chi connectivity index (χ3v) is 4.19. The van der Waals surface area contributed by atoms with Crippen LogP contribution in [0.5, 0.6) is 11.5 Å². The van der Waals surface area contributed by atoms with Gasteiger partial charge in [-0.1, -0.05) is 12.1 Å². The first kappa shape index (κ1) is 14.6. The second kappa shape index (κ2) is 5.64. The van der Waals surface area contributed by atoms with Crippen LogP contribution in [0.15, 0.2) is 52.5 Å². The highest BCUT2D eigenvalue weighted by Crippen LogP contribution is 2.27. The van der Waals surface area contributed by atoms with E-state index in [2.05, 4.69) is 4.98 Å². The summed E-state index contributed by atoms with van der Waals surface area (Å²) in [5.74, 6) is -0.741. The van der Waals surface area contributed by atoms with E-state index in [1.807, 2.05) is 0 Å². The molecular weight excluding hydrogens is 292 g/mol. The average Bonchev–Trinajstić information content (AvgIpc) is 2.49. The molecular formula is C14H10N2O4S. The summed E-state index contributed by atoms with van der Waals surface area (Å²) < 4.78 is 24.5. The van der Waals surface area contributed by atoms with Crippen LogP contribution in [0, 0.1) is 11.3 Å². The maximum Gasteiger partial charge on any atom is 0.233 e. The summed E-state index contributed by atoms with van der Waals surface area (Å²) in [6.07, 6.45) is 2.41. The summed E-state index contributed by atoms with van der Waals surface area (Å²) in [5.41, 5.74) is 0.265. The van der Waals surface area contributed by atoms with Gasteiger partial charge in [-0.05, 0) is 35.9 Å². The molecule has 6 nitrogen and oxygen atoms in total. The van der Waals surface area contributed by atoms with Crippen LogP contribution in [-0.2, 0) is 9.84 Å². The number of aromatic nitrogens is 1. The van der Waals surface area contributed by atoms with E-state index in [1.165, 1.54) is 30.5 Å². The molecule has 0 bridgehead atoms. The first-order chi connectivity index (χ1) is 9.95. The smallest absolute Gasteiger partial charge is 0.233 e. The van der Waals surface area contributed by atoms with Crippen molar-refractivity contribution in [3.8, 4) is 17.6 Å². The molecule has 1 aromatic carbocycles. The highest BCUT2D eigenvalue weighted by atomic mass is 32.2. The maximum atomic E-state index is 12.3. The predicted molar refractivity (Wildman–Crippen MR) is 74.8 cm³/mol. The second-order valence-electron chi connectivity index (χ2n) is 4.04. The van der Waals surface area contributed by atoms with Crippen LogP contribution in [-0.4, -0.2) is 23.6 Å². The van der Waals surface area contributed by atoms with Crippen molar-refractivity contribution in [1.82, 2.24) is 4.98 Å². The minimum Gasteiger partial charge on any atom is -0.504 e. The fourth-order valence-electron chi connectivity index (χ4n) is 1.57. The third-order valence-electron chi connectivity index (χ3n) is 2.61. The summed E-state index contributed by atoms with van der Waals surface area (Å²) in [4.78, 5) is 3.22. The molecule has 0 aliphatic rings. The Labute approximate surface area is 121 Å². The van der Waals surface area contributed by atoms with Crippen molar-refractivity contribution in [2.24, 2.45) is 0 Å². The van der Waals surface area contributed by atoms with Crippen molar-refractivity contribution in [2.45, 2.75) is 5.03 Å².